The zero-order chi connectivity index (χ0) is 39.5. The van der Waals surface area contributed by atoms with Crippen molar-refractivity contribution in [2.75, 3.05) is 26.4 Å². The van der Waals surface area contributed by atoms with Gasteiger partial charge in [-0.3, -0.25) is 13.8 Å². The molecule has 0 aliphatic carbocycles. The van der Waals surface area contributed by atoms with E-state index >= 15 is 0 Å². The molecule has 0 aromatic carbocycles. The van der Waals surface area contributed by atoms with Crippen molar-refractivity contribution in [2.24, 2.45) is 5.73 Å². The van der Waals surface area contributed by atoms with E-state index in [1.165, 1.54) is 173 Å². The van der Waals surface area contributed by atoms with E-state index in [0.717, 1.165) is 32.1 Å². The maximum atomic E-state index is 12.4. The number of allylic oxidation sites excluding steroid dienone is 3. The van der Waals surface area contributed by atoms with Gasteiger partial charge >= 0.3 is 13.8 Å². The molecule has 0 saturated carbocycles. The van der Waals surface area contributed by atoms with Crippen molar-refractivity contribution in [3.05, 3.63) is 24.5 Å². The van der Waals surface area contributed by atoms with Gasteiger partial charge in [0.1, 0.15) is 6.61 Å². The van der Waals surface area contributed by atoms with E-state index in [9.17, 15) is 14.3 Å². The topological polar surface area (TPSA) is 117 Å². The first-order valence-corrected chi connectivity index (χ1v) is 24.4. The lowest BCUT2D eigenvalue weighted by Crippen LogP contribution is -2.25. The molecule has 0 aromatic rings. The van der Waals surface area contributed by atoms with Crippen LogP contribution in [0.1, 0.15) is 226 Å². The van der Waals surface area contributed by atoms with Gasteiger partial charge in [0.2, 0.25) is 0 Å². The van der Waals surface area contributed by atoms with Gasteiger partial charge in [0.05, 0.1) is 19.5 Å². The molecular weight excluding hydrogens is 697 g/mol. The summed E-state index contributed by atoms with van der Waals surface area (Å²) < 4.78 is 33.2. The molecule has 1 unspecified atom stereocenters. The largest absolute Gasteiger partial charge is 0.492 e. The van der Waals surface area contributed by atoms with Crippen molar-refractivity contribution in [1.82, 2.24) is 0 Å². The average Bonchev–Trinajstić information content (AvgIpc) is 3.16. The number of phosphoric ester groups is 1. The molecule has 0 aliphatic rings. The summed E-state index contributed by atoms with van der Waals surface area (Å²) in [5.41, 5.74) is 5.37. The van der Waals surface area contributed by atoms with Gasteiger partial charge in [-0.25, -0.2) is 4.57 Å². The fourth-order valence-corrected chi connectivity index (χ4v) is 7.27. The third-order valence-corrected chi connectivity index (χ3v) is 10.9. The Morgan fingerprint density at radius 1 is 0.556 bits per heavy atom. The standard InChI is InChI=1S/C45H88NO7P/c1-3-5-7-9-11-13-15-17-19-20-21-22-23-24-25-26-28-30-32-34-36-38-45(47)51-42-44(43-53-54(48,49)52-41-39-46)50-40-37-35-33-31-29-27-18-16-14-12-10-8-6-4-2/h17,19,37,40,44H,3-16,18,20-36,38-39,41-43,46H2,1-2H3,(H,48,49)/t44-/m1/s1. The molecule has 3 N–H and O–H groups in total. The molecule has 0 aliphatic heterocycles. The van der Waals surface area contributed by atoms with Crippen molar-refractivity contribution in [3.8, 4) is 0 Å². The molecule has 320 valence electrons. The summed E-state index contributed by atoms with van der Waals surface area (Å²) in [6.07, 6.45) is 48.7. The highest BCUT2D eigenvalue weighted by atomic mass is 31.2. The SMILES string of the molecule is CCCCCCCCC=CCCCCCCCCCCCCCC(=O)OC[C@H](COP(=O)(O)OCCN)OC=CCCCCCCCCCCCCCC. The van der Waals surface area contributed by atoms with E-state index in [1.54, 1.807) is 6.26 Å². The second-order valence-electron chi connectivity index (χ2n) is 15.3. The van der Waals surface area contributed by atoms with E-state index in [4.69, 9.17) is 24.3 Å². The second kappa shape index (κ2) is 43.0. The summed E-state index contributed by atoms with van der Waals surface area (Å²) in [4.78, 5) is 22.3. The Morgan fingerprint density at radius 3 is 1.37 bits per heavy atom. The number of rotatable bonds is 44. The lowest BCUT2D eigenvalue weighted by molar-refractivity contribution is -0.147. The Hall–Kier alpha value is -1.18. The van der Waals surface area contributed by atoms with Gasteiger partial charge in [-0.2, -0.15) is 0 Å². The van der Waals surface area contributed by atoms with Crippen LogP contribution in [-0.2, 0) is 27.9 Å². The maximum absolute atomic E-state index is 12.4. The van der Waals surface area contributed by atoms with Crippen LogP contribution in [0.4, 0.5) is 0 Å². The third-order valence-electron chi connectivity index (χ3n) is 9.96. The van der Waals surface area contributed by atoms with Crippen molar-refractivity contribution in [3.63, 3.8) is 0 Å². The summed E-state index contributed by atoms with van der Waals surface area (Å²) in [6.45, 7) is 4.24. The third kappa shape index (κ3) is 42.0. The molecule has 0 aromatic heterocycles. The summed E-state index contributed by atoms with van der Waals surface area (Å²) >= 11 is 0. The van der Waals surface area contributed by atoms with Crippen LogP contribution in [0.2, 0.25) is 0 Å². The highest BCUT2D eigenvalue weighted by Gasteiger charge is 2.24. The number of esters is 1. The molecule has 0 heterocycles. The highest BCUT2D eigenvalue weighted by molar-refractivity contribution is 7.47. The van der Waals surface area contributed by atoms with Gasteiger partial charge in [-0.05, 0) is 51.0 Å². The number of nitrogens with two attached hydrogens (primary N) is 1. The van der Waals surface area contributed by atoms with Crippen LogP contribution in [0.3, 0.4) is 0 Å². The molecule has 54 heavy (non-hydrogen) atoms. The minimum atomic E-state index is -4.26. The van der Waals surface area contributed by atoms with Gasteiger partial charge in [0.25, 0.3) is 0 Å². The van der Waals surface area contributed by atoms with Crippen molar-refractivity contribution < 1.29 is 32.8 Å². The molecule has 0 amide bonds. The van der Waals surface area contributed by atoms with E-state index in [1.807, 2.05) is 6.08 Å². The fraction of sp³-hybridized carbons (Fsp3) is 0.889. The van der Waals surface area contributed by atoms with Crippen LogP contribution in [0.15, 0.2) is 24.5 Å². The zero-order valence-corrected chi connectivity index (χ0v) is 36.4. The fourth-order valence-electron chi connectivity index (χ4n) is 6.51. The lowest BCUT2D eigenvalue weighted by Gasteiger charge is -2.19. The predicted molar refractivity (Wildman–Crippen MR) is 229 cm³/mol. The maximum Gasteiger partial charge on any atom is 0.472 e. The average molecular weight is 786 g/mol. The van der Waals surface area contributed by atoms with Crippen LogP contribution < -0.4 is 5.73 Å². The normalized spacial score (nSPS) is 13.6. The first-order valence-electron chi connectivity index (χ1n) is 22.9. The summed E-state index contributed by atoms with van der Waals surface area (Å²) in [5, 5.41) is 0. The molecule has 9 heteroatoms. The number of carbonyl (C=O) groups excluding carboxylic acids is 1. The van der Waals surface area contributed by atoms with E-state index in [-0.39, 0.29) is 32.3 Å². The number of hydrogen-bond acceptors (Lipinski definition) is 7. The zero-order valence-electron chi connectivity index (χ0n) is 35.5. The van der Waals surface area contributed by atoms with Crippen LogP contribution >= 0.6 is 7.82 Å². The van der Waals surface area contributed by atoms with Crippen molar-refractivity contribution in [2.45, 2.75) is 232 Å². The first-order chi connectivity index (χ1) is 26.4. The first kappa shape index (κ1) is 52.8. The monoisotopic (exact) mass is 786 g/mol. The van der Waals surface area contributed by atoms with E-state index in [2.05, 4.69) is 26.0 Å². The minimum absolute atomic E-state index is 0.0609. The van der Waals surface area contributed by atoms with Crippen LogP contribution in [0, 0.1) is 0 Å². The van der Waals surface area contributed by atoms with Gasteiger partial charge in [-0.1, -0.05) is 187 Å². The highest BCUT2D eigenvalue weighted by Crippen LogP contribution is 2.43. The van der Waals surface area contributed by atoms with Gasteiger partial charge < -0.3 is 20.1 Å². The van der Waals surface area contributed by atoms with E-state index < -0.39 is 13.9 Å². The Kier molecular flexibility index (Phi) is 42.0. The Bertz CT molecular complexity index is 884. The van der Waals surface area contributed by atoms with Crippen molar-refractivity contribution in [1.29, 1.82) is 0 Å². The number of carbonyl (C=O) groups is 1. The molecule has 0 rings (SSSR count). The molecule has 0 radical (unpaired) electrons. The predicted octanol–water partition coefficient (Wildman–Crippen LogP) is 14.0. The van der Waals surface area contributed by atoms with Crippen molar-refractivity contribution >= 4 is 13.8 Å². The molecule has 0 saturated heterocycles. The van der Waals surface area contributed by atoms with Crippen LogP contribution in [-0.4, -0.2) is 43.3 Å². The van der Waals surface area contributed by atoms with Gasteiger partial charge in [-0.15, -0.1) is 0 Å². The summed E-state index contributed by atoms with van der Waals surface area (Å²) in [5.74, 6) is -0.288. The Morgan fingerprint density at radius 2 is 0.944 bits per heavy atom. The molecular formula is C45H88NO7P. The molecule has 8 nitrogen and oxygen atoms in total. The Labute approximate surface area is 334 Å². The summed E-state index contributed by atoms with van der Waals surface area (Å²) in [7, 11) is -4.26. The molecule has 0 fully saturated rings. The van der Waals surface area contributed by atoms with Gasteiger partial charge in [0, 0.05) is 13.0 Å². The lowest BCUT2D eigenvalue weighted by atomic mass is 10.0. The van der Waals surface area contributed by atoms with Crippen LogP contribution in [0.5, 0.6) is 0 Å². The van der Waals surface area contributed by atoms with Gasteiger partial charge in [0.15, 0.2) is 6.10 Å². The minimum Gasteiger partial charge on any atom is -0.492 e. The molecule has 2 atom stereocenters. The number of unbranched alkanes of at least 4 members (excludes halogenated alkanes) is 29. The quantitative estimate of drug-likeness (QED) is 0.0206. The smallest absolute Gasteiger partial charge is 0.472 e. The van der Waals surface area contributed by atoms with Crippen LogP contribution in [0.25, 0.3) is 0 Å². The number of phosphoric acid groups is 1. The molecule has 0 bridgehead atoms. The van der Waals surface area contributed by atoms with E-state index in [0.29, 0.717) is 6.42 Å². The second-order valence-corrected chi connectivity index (χ2v) is 16.8. The summed E-state index contributed by atoms with van der Waals surface area (Å²) in [6, 6.07) is 0. The Balaban J connectivity index is 3.97. The number of hydrogen-bond donors (Lipinski definition) is 2. The molecule has 0 spiro atoms. The number of ether oxygens (including phenoxy) is 2.